The maximum absolute atomic E-state index is 11.7. The standard InChI is InChI=1S/C12H19N3O4/c16-10(8-1-2-8)13-4-5-14-12(19)15-6-3-9(7-15)11(17)18/h8-9H,1-7H2,(H,13,16)(H,14,19)(H,17,18). The van der Waals surface area contributed by atoms with Crippen LogP contribution in [0.15, 0.2) is 0 Å². The van der Waals surface area contributed by atoms with Crippen LogP contribution < -0.4 is 10.6 Å². The number of amides is 3. The molecular weight excluding hydrogens is 250 g/mol. The molecule has 1 unspecified atom stereocenters. The molecule has 3 N–H and O–H groups in total. The van der Waals surface area contributed by atoms with E-state index in [4.69, 9.17) is 5.11 Å². The van der Waals surface area contributed by atoms with Gasteiger partial charge >= 0.3 is 12.0 Å². The van der Waals surface area contributed by atoms with Crippen LogP contribution in [0.5, 0.6) is 0 Å². The van der Waals surface area contributed by atoms with E-state index in [0.717, 1.165) is 12.8 Å². The third-order valence-corrected chi connectivity index (χ3v) is 3.47. The summed E-state index contributed by atoms with van der Waals surface area (Å²) in [6.45, 7) is 1.51. The Morgan fingerprint density at radius 2 is 1.74 bits per heavy atom. The number of nitrogens with zero attached hydrogens (tertiary/aromatic N) is 1. The molecule has 0 aromatic rings. The number of hydrogen-bond acceptors (Lipinski definition) is 3. The van der Waals surface area contributed by atoms with Gasteiger partial charge in [0.25, 0.3) is 0 Å². The van der Waals surface area contributed by atoms with Gasteiger partial charge in [0.2, 0.25) is 5.91 Å². The van der Waals surface area contributed by atoms with Crippen LogP contribution in [0.2, 0.25) is 0 Å². The summed E-state index contributed by atoms with van der Waals surface area (Å²) in [7, 11) is 0. The Bertz CT molecular complexity index is 381. The number of carboxylic acid groups (broad SMARTS) is 1. The van der Waals surface area contributed by atoms with Crippen LogP contribution in [0.4, 0.5) is 4.79 Å². The van der Waals surface area contributed by atoms with Crippen molar-refractivity contribution in [2.45, 2.75) is 19.3 Å². The summed E-state index contributed by atoms with van der Waals surface area (Å²) in [5.74, 6) is -1.08. The zero-order valence-electron chi connectivity index (χ0n) is 10.7. The lowest BCUT2D eigenvalue weighted by molar-refractivity contribution is -0.141. The number of carbonyl (C=O) groups is 3. The van der Waals surface area contributed by atoms with E-state index >= 15 is 0 Å². The molecule has 7 heteroatoms. The molecule has 2 rings (SSSR count). The number of carboxylic acids is 1. The van der Waals surface area contributed by atoms with Gasteiger partial charge in [-0.1, -0.05) is 0 Å². The van der Waals surface area contributed by atoms with Crippen LogP contribution in [0, 0.1) is 11.8 Å². The fraction of sp³-hybridized carbons (Fsp3) is 0.750. The van der Waals surface area contributed by atoms with Crippen LogP contribution in [0.1, 0.15) is 19.3 Å². The molecule has 0 aromatic carbocycles. The molecule has 3 amide bonds. The summed E-state index contributed by atoms with van der Waals surface area (Å²) in [5.41, 5.74) is 0. The molecule has 1 saturated carbocycles. The maximum atomic E-state index is 11.7. The number of nitrogens with one attached hydrogen (secondary N) is 2. The first kappa shape index (κ1) is 13.6. The lowest BCUT2D eigenvalue weighted by atomic mass is 10.1. The van der Waals surface area contributed by atoms with Crippen LogP contribution in [0.25, 0.3) is 0 Å². The second-order valence-electron chi connectivity index (χ2n) is 5.07. The number of urea groups is 1. The van der Waals surface area contributed by atoms with E-state index in [1.54, 1.807) is 0 Å². The van der Waals surface area contributed by atoms with E-state index in [2.05, 4.69) is 10.6 Å². The fourth-order valence-corrected chi connectivity index (χ4v) is 2.10. The van der Waals surface area contributed by atoms with Crippen molar-refractivity contribution in [3.63, 3.8) is 0 Å². The van der Waals surface area contributed by atoms with Crippen LogP contribution in [0.3, 0.4) is 0 Å². The van der Waals surface area contributed by atoms with E-state index in [1.165, 1.54) is 4.90 Å². The molecule has 2 fully saturated rings. The van der Waals surface area contributed by atoms with Crippen molar-refractivity contribution in [3.05, 3.63) is 0 Å². The summed E-state index contributed by atoms with van der Waals surface area (Å²) in [6, 6.07) is -0.260. The summed E-state index contributed by atoms with van der Waals surface area (Å²) in [6.07, 6.45) is 2.42. The van der Waals surface area contributed by atoms with Crippen LogP contribution >= 0.6 is 0 Å². The van der Waals surface area contributed by atoms with Crippen molar-refractivity contribution < 1.29 is 19.5 Å². The predicted octanol–water partition coefficient (Wildman–Crippen LogP) is -0.371. The topological polar surface area (TPSA) is 98.7 Å². The molecule has 0 aromatic heterocycles. The summed E-state index contributed by atoms with van der Waals surface area (Å²) < 4.78 is 0. The normalized spacial score (nSPS) is 22.1. The zero-order chi connectivity index (χ0) is 13.8. The molecule has 1 aliphatic carbocycles. The van der Waals surface area contributed by atoms with Crippen molar-refractivity contribution >= 4 is 17.9 Å². The fourth-order valence-electron chi connectivity index (χ4n) is 2.10. The van der Waals surface area contributed by atoms with E-state index < -0.39 is 11.9 Å². The average molecular weight is 269 g/mol. The summed E-state index contributed by atoms with van der Waals surface area (Å²) in [4.78, 5) is 35.3. The number of rotatable bonds is 5. The molecular formula is C12H19N3O4. The number of likely N-dealkylation sites (tertiary alicyclic amines) is 1. The number of aliphatic carboxylic acids is 1. The highest BCUT2D eigenvalue weighted by molar-refractivity contribution is 5.81. The first-order chi connectivity index (χ1) is 9.08. The Hall–Kier alpha value is -1.79. The molecule has 7 nitrogen and oxygen atoms in total. The molecule has 19 heavy (non-hydrogen) atoms. The third-order valence-electron chi connectivity index (χ3n) is 3.47. The van der Waals surface area contributed by atoms with Crippen molar-refractivity contribution in [2.24, 2.45) is 11.8 Å². The van der Waals surface area contributed by atoms with E-state index in [1.807, 2.05) is 0 Å². The second-order valence-corrected chi connectivity index (χ2v) is 5.07. The first-order valence-electron chi connectivity index (χ1n) is 6.61. The van der Waals surface area contributed by atoms with Gasteiger partial charge < -0.3 is 20.6 Å². The van der Waals surface area contributed by atoms with Gasteiger partial charge in [-0.3, -0.25) is 9.59 Å². The molecule has 1 aliphatic heterocycles. The minimum atomic E-state index is -0.855. The van der Waals surface area contributed by atoms with Crippen molar-refractivity contribution in [3.8, 4) is 0 Å². The molecule has 1 heterocycles. The highest BCUT2D eigenvalue weighted by atomic mass is 16.4. The number of hydrogen-bond donors (Lipinski definition) is 3. The van der Waals surface area contributed by atoms with E-state index in [9.17, 15) is 14.4 Å². The first-order valence-corrected chi connectivity index (χ1v) is 6.61. The van der Waals surface area contributed by atoms with Gasteiger partial charge in [-0.25, -0.2) is 4.79 Å². The van der Waals surface area contributed by atoms with Gasteiger partial charge in [0.05, 0.1) is 5.92 Å². The minimum Gasteiger partial charge on any atom is -0.481 e. The quantitative estimate of drug-likeness (QED) is 0.593. The summed E-state index contributed by atoms with van der Waals surface area (Å²) in [5, 5.41) is 14.3. The van der Waals surface area contributed by atoms with Crippen LogP contribution in [-0.2, 0) is 9.59 Å². The Morgan fingerprint density at radius 3 is 2.32 bits per heavy atom. The lowest BCUT2D eigenvalue weighted by Crippen LogP contribution is -2.42. The molecule has 106 valence electrons. The van der Waals surface area contributed by atoms with Crippen molar-refractivity contribution in [1.29, 1.82) is 0 Å². The van der Waals surface area contributed by atoms with Crippen molar-refractivity contribution in [1.82, 2.24) is 15.5 Å². The Morgan fingerprint density at radius 1 is 1.05 bits per heavy atom. The smallest absolute Gasteiger partial charge is 0.317 e. The van der Waals surface area contributed by atoms with Gasteiger partial charge in [0.15, 0.2) is 0 Å². The average Bonchev–Trinajstić information content (AvgIpc) is 3.10. The summed E-state index contributed by atoms with van der Waals surface area (Å²) >= 11 is 0. The maximum Gasteiger partial charge on any atom is 0.317 e. The SMILES string of the molecule is O=C(O)C1CCN(C(=O)NCCNC(=O)C2CC2)C1. The van der Waals surface area contributed by atoms with Crippen molar-refractivity contribution in [2.75, 3.05) is 26.2 Å². The minimum absolute atomic E-state index is 0.0568. The van der Waals surface area contributed by atoms with Gasteiger partial charge in [-0.2, -0.15) is 0 Å². The molecule has 0 spiro atoms. The second kappa shape index (κ2) is 5.90. The molecule has 1 saturated heterocycles. The Kier molecular flexibility index (Phi) is 4.24. The van der Waals surface area contributed by atoms with Crippen LogP contribution in [-0.4, -0.2) is 54.1 Å². The molecule has 0 bridgehead atoms. The molecule has 0 radical (unpaired) electrons. The van der Waals surface area contributed by atoms with Gasteiger partial charge in [-0.15, -0.1) is 0 Å². The lowest BCUT2D eigenvalue weighted by Gasteiger charge is -2.16. The zero-order valence-corrected chi connectivity index (χ0v) is 10.7. The highest BCUT2D eigenvalue weighted by Gasteiger charge is 2.31. The monoisotopic (exact) mass is 269 g/mol. The molecule has 2 aliphatic rings. The number of carbonyl (C=O) groups excluding carboxylic acids is 2. The highest BCUT2D eigenvalue weighted by Crippen LogP contribution is 2.28. The van der Waals surface area contributed by atoms with Gasteiger partial charge in [0, 0.05) is 32.1 Å². The van der Waals surface area contributed by atoms with E-state index in [-0.39, 0.29) is 24.4 Å². The van der Waals surface area contributed by atoms with E-state index in [0.29, 0.717) is 26.1 Å². The van der Waals surface area contributed by atoms with Gasteiger partial charge in [-0.05, 0) is 19.3 Å². The Labute approximate surface area is 111 Å². The Balaban J connectivity index is 1.59. The third kappa shape index (κ3) is 3.84. The van der Waals surface area contributed by atoms with Gasteiger partial charge in [0.1, 0.15) is 0 Å². The predicted molar refractivity (Wildman–Crippen MR) is 66.4 cm³/mol. The largest absolute Gasteiger partial charge is 0.481 e. The molecule has 1 atom stereocenters.